The summed E-state index contributed by atoms with van der Waals surface area (Å²) < 4.78 is 20.2. The first kappa shape index (κ1) is 18.5. The van der Waals surface area contributed by atoms with E-state index in [-0.39, 0.29) is 24.4 Å². The van der Waals surface area contributed by atoms with Crippen molar-refractivity contribution >= 4 is 0 Å². The summed E-state index contributed by atoms with van der Waals surface area (Å²) in [5.74, 6) is 0.497. The summed E-state index contributed by atoms with van der Waals surface area (Å²) >= 11 is 0. The minimum Gasteiger partial charge on any atom is -0.342 e. The average molecular weight is 392 g/mol. The van der Waals surface area contributed by atoms with Gasteiger partial charge in [0.1, 0.15) is 6.33 Å². The normalized spacial score (nSPS) is 11.7. The maximum Gasteiger partial charge on any atom is 0.350 e. The lowest BCUT2D eigenvalue weighted by Gasteiger charge is -2.07. The van der Waals surface area contributed by atoms with E-state index in [1.54, 1.807) is 6.07 Å². The Morgan fingerprint density at radius 1 is 1.14 bits per heavy atom. The van der Waals surface area contributed by atoms with E-state index in [0.29, 0.717) is 17.8 Å². The van der Waals surface area contributed by atoms with Gasteiger partial charge >= 0.3 is 5.69 Å². The lowest BCUT2D eigenvalue weighted by molar-refractivity contribution is 0.419. The fourth-order valence-electron chi connectivity index (χ4n) is 2.93. The number of benzene rings is 2. The zero-order chi connectivity index (χ0) is 20.2. The average Bonchev–Trinajstić information content (AvgIpc) is 3.43. The van der Waals surface area contributed by atoms with Gasteiger partial charge in [-0.25, -0.2) is 18.4 Å². The minimum absolute atomic E-state index is 0.00523. The molecule has 146 valence electrons. The second-order valence-electron chi connectivity index (χ2n) is 6.30. The maximum absolute atomic E-state index is 12.8. The molecule has 0 aliphatic rings. The minimum atomic E-state index is -0.379. The van der Waals surface area contributed by atoms with Crippen molar-refractivity contribution in [3.05, 3.63) is 83.6 Å². The third-order valence-electron chi connectivity index (χ3n) is 4.44. The number of aromatic nitrogens is 5. The lowest BCUT2D eigenvalue weighted by Crippen LogP contribution is -2.25. The molecule has 2 aromatic carbocycles. The number of halogens is 1. The van der Waals surface area contributed by atoms with Gasteiger partial charge in [-0.05, 0) is 34.9 Å². The highest BCUT2D eigenvalue weighted by molar-refractivity contribution is 5.71. The molecule has 0 spiro atoms. The molecule has 0 radical (unpaired) electrons. The van der Waals surface area contributed by atoms with Crippen LogP contribution in [0.1, 0.15) is 0 Å². The quantitative estimate of drug-likeness (QED) is 0.541. The van der Waals surface area contributed by atoms with Crippen LogP contribution in [0, 0.1) is 0 Å². The second-order valence-corrected chi connectivity index (χ2v) is 6.30. The number of hydrogen-bond donors (Lipinski definition) is 1. The molecule has 0 unspecified atom stereocenters. The molecular formula is C20H17FN6O2. The van der Waals surface area contributed by atoms with E-state index in [2.05, 4.69) is 15.2 Å². The molecular weight excluding hydrogens is 375 g/mol. The predicted octanol–water partition coefficient (Wildman–Crippen LogP) is 2.56. The first-order valence-electron chi connectivity index (χ1n) is 8.80. The van der Waals surface area contributed by atoms with Gasteiger partial charge in [-0.15, -0.1) is 0 Å². The van der Waals surface area contributed by atoms with Gasteiger partial charge in [-0.3, -0.25) is 0 Å². The van der Waals surface area contributed by atoms with Gasteiger partial charge in [0, 0.05) is 12.1 Å². The molecule has 8 nitrogen and oxygen atoms in total. The van der Waals surface area contributed by atoms with Gasteiger partial charge in [-0.1, -0.05) is 35.5 Å². The number of hydrogen-bond acceptors (Lipinski definition) is 6. The van der Waals surface area contributed by atoms with Gasteiger partial charge in [-0.2, -0.15) is 10.1 Å². The molecule has 0 amide bonds. The van der Waals surface area contributed by atoms with Gasteiger partial charge < -0.3 is 10.3 Å². The van der Waals surface area contributed by atoms with Crippen molar-refractivity contribution in [3.8, 4) is 28.2 Å². The van der Waals surface area contributed by atoms with E-state index in [1.807, 2.05) is 42.5 Å². The molecule has 0 fully saturated rings. The van der Waals surface area contributed by atoms with Crippen LogP contribution in [0.3, 0.4) is 0 Å². The summed E-state index contributed by atoms with van der Waals surface area (Å²) in [6.07, 6.45) is 3.09. The molecule has 0 aliphatic carbocycles. The number of nitrogens with zero attached hydrogens (tertiary/aromatic N) is 5. The van der Waals surface area contributed by atoms with E-state index < -0.39 is 0 Å². The van der Waals surface area contributed by atoms with E-state index in [0.717, 1.165) is 16.7 Å². The summed E-state index contributed by atoms with van der Waals surface area (Å²) in [6.45, 7) is 0.0211. The molecule has 0 saturated carbocycles. The van der Waals surface area contributed by atoms with E-state index in [9.17, 15) is 9.18 Å². The van der Waals surface area contributed by atoms with Crippen LogP contribution in [-0.2, 0) is 6.54 Å². The van der Waals surface area contributed by atoms with Crippen LogP contribution in [0.4, 0.5) is 4.39 Å². The molecule has 0 atom stereocenters. The maximum atomic E-state index is 12.8. The van der Waals surface area contributed by atoms with Crippen LogP contribution < -0.4 is 11.4 Å². The Kier molecular flexibility index (Phi) is 5.12. The van der Waals surface area contributed by atoms with Gasteiger partial charge in [0.15, 0.2) is 0 Å². The number of nitrogens with two attached hydrogens (primary N) is 1. The van der Waals surface area contributed by atoms with Crippen LogP contribution in [0.25, 0.3) is 28.2 Å². The Balaban J connectivity index is 1.68. The van der Waals surface area contributed by atoms with Crippen molar-refractivity contribution in [2.24, 2.45) is 5.73 Å². The van der Waals surface area contributed by atoms with Crippen LogP contribution in [0.5, 0.6) is 0 Å². The standard InChI is InChI=1S/C20H17FN6O2/c21-9-14(10-22)11-27-20(28)26(12-24-27)18-6-2-4-16(8-18)15-3-1-5-17(7-15)19-23-13-29-25-19/h1-9,12-13H,10-11,22H2/b14-9+. The first-order valence-corrected chi connectivity index (χ1v) is 8.80. The summed E-state index contributed by atoms with van der Waals surface area (Å²) in [6, 6.07) is 15.1. The van der Waals surface area contributed by atoms with Crippen molar-refractivity contribution < 1.29 is 8.91 Å². The molecule has 0 bridgehead atoms. The highest BCUT2D eigenvalue weighted by Crippen LogP contribution is 2.25. The van der Waals surface area contributed by atoms with E-state index >= 15 is 0 Å². The summed E-state index contributed by atoms with van der Waals surface area (Å²) in [4.78, 5) is 16.7. The van der Waals surface area contributed by atoms with Crippen molar-refractivity contribution in [3.63, 3.8) is 0 Å². The molecule has 29 heavy (non-hydrogen) atoms. The van der Waals surface area contributed by atoms with Crippen molar-refractivity contribution in [2.45, 2.75) is 6.54 Å². The van der Waals surface area contributed by atoms with E-state index in [4.69, 9.17) is 10.3 Å². The second kappa shape index (κ2) is 8.03. The highest BCUT2D eigenvalue weighted by Gasteiger charge is 2.10. The fourth-order valence-corrected chi connectivity index (χ4v) is 2.93. The smallest absolute Gasteiger partial charge is 0.342 e. The zero-order valence-electron chi connectivity index (χ0n) is 15.3. The summed E-state index contributed by atoms with van der Waals surface area (Å²) in [7, 11) is 0. The first-order chi connectivity index (χ1) is 14.2. The molecule has 2 aromatic heterocycles. The largest absolute Gasteiger partial charge is 0.350 e. The van der Waals surface area contributed by atoms with Crippen LogP contribution >= 0.6 is 0 Å². The number of rotatable bonds is 6. The van der Waals surface area contributed by atoms with Gasteiger partial charge in [0.2, 0.25) is 12.2 Å². The third kappa shape index (κ3) is 3.76. The topological polar surface area (TPSA) is 105 Å². The van der Waals surface area contributed by atoms with E-state index in [1.165, 1.54) is 22.0 Å². The molecule has 2 heterocycles. The molecule has 9 heteroatoms. The lowest BCUT2D eigenvalue weighted by atomic mass is 10.0. The Morgan fingerprint density at radius 2 is 1.90 bits per heavy atom. The Morgan fingerprint density at radius 3 is 2.62 bits per heavy atom. The summed E-state index contributed by atoms with van der Waals surface area (Å²) in [5, 5.41) is 7.91. The molecule has 4 aromatic rings. The Hall–Kier alpha value is -3.85. The molecule has 2 N–H and O–H groups in total. The monoisotopic (exact) mass is 392 g/mol. The summed E-state index contributed by atoms with van der Waals surface area (Å²) in [5.41, 5.74) is 8.65. The Labute approximate surface area is 164 Å². The third-order valence-corrected chi connectivity index (χ3v) is 4.44. The predicted molar refractivity (Wildman–Crippen MR) is 105 cm³/mol. The van der Waals surface area contributed by atoms with Crippen LogP contribution in [0.15, 0.2) is 82.5 Å². The zero-order valence-corrected chi connectivity index (χ0v) is 15.3. The van der Waals surface area contributed by atoms with Crippen LogP contribution in [0.2, 0.25) is 0 Å². The molecule has 0 saturated heterocycles. The molecule has 4 rings (SSSR count). The van der Waals surface area contributed by atoms with Crippen molar-refractivity contribution in [1.29, 1.82) is 0 Å². The molecule has 0 aliphatic heterocycles. The van der Waals surface area contributed by atoms with Crippen molar-refractivity contribution in [2.75, 3.05) is 6.54 Å². The highest BCUT2D eigenvalue weighted by atomic mass is 19.1. The van der Waals surface area contributed by atoms with Gasteiger partial charge in [0.25, 0.3) is 0 Å². The van der Waals surface area contributed by atoms with Crippen molar-refractivity contribution in [1.82, 2.24) is 24.5 Å². The SMILES string of the molecule is NC/C(=C\F)Cn1ncn(-c2cccc(-c3cccc(-c4ncon4)c3)c2)c1=O. The van der Waals surface area contributed by atoms with Gasteiger partial charge in [0.05, 0.1) is 18.6 Å². The Bertz CT molecular complexity index is 1210. The van der Waals surface area contributed by atoms with Crippen LogP contribution in [-0.4, -0.2) is 31.0 Å². The fraction of sp³-hybridized carbons (Fsp3) is 0.100.